The van der Waals surface area contributed by atoms with E-state index in [0.29, 0.717) is 12.1 Å². The molecular weight excluding hydrogens is 219 g/mol. The molecule has 0 amide bonds. The van der Waals surface area contributed by atoms with Crippen molar-refractivity contribution in [2.24, 2.45) is 0 Å². The first-order valence-corrected chi connectivity index (χ1v) is 3.94. The summed E-state index contributed by atoms with van der Waals surface area (Å²) in [5, 5.41) is 8.62. The van der Waals surface area contributed by atoms with Crippen LogP contribution in [0.3, 0.4) is 0 Å². The van der Waals surface area contributed by atoms with Crippen molar-refractivity contribution in [1.29, 1.82) is 0 Å². The molecule has 0 aliphatic heterocycles. The van der Waals surface area contributed by atoms with Crippen LogP contribution < -0.4 is 0 Å². The van der Waals surface area contributed by atoms with Crippen LogP contribution in [0.4, 0.5) is 22.0 Å². The third-order valence-electron chi connectivity index (χ3n) is 1.78. The fourth-order valence-corrected chi connectivity index (χ4v) is 1.10. The van der Waals surface area contributed by atoms with Gasteiger partial charge in [-0.3, -0.25) is 0 Å². The summed E-state index contributed by atoms with van der Waals surface area (Å²) in [5.74, 6) is 0. The third kappa shape index (κ3) is 2.89. The van der Waals surface area contributed by atoms with Crippen molar-refractivity contribution in [2.45, 2.75) is 19.2 Å². The summed E-state index contributed by atoms with van der Waals surface area (Å²) in [4.78, 5) is 0. The Balaban J connectivity index is 3.23. The van der Waals surface area contributed by atoms with Gasteiger partial charge in [-0.05, 0) is 23.8 Å². The molecule has 1 nitrogen and oxygen atoms in total. The van der Waals surface area contributed by atoms with E-state index in [9.17, 15) is 22.0 Å². The predicted octanol–water partition coefficient (Wildman–Crippen LogP) is 3.14. The number of aliphatic hydroxyl groups is 1. The standard InChI is InChI=1S/C9H7F5O/c10-8(11)6-1-5(4-15)2-7(3-6)9(12,13)14/h1-3,8,15H,4H2. The molecule has 0 radical (unpaired) electrons. The molecule has 1 aromatic rings. The minimum atomic E-state index is -4.69. The van der Waals surface area contributed by atoms with E-state index in [4.69, 9.17) is 5.11 Å². The zero-order chi connectivity index (χ0) is 11.6. The molecule has 0 fully saturated rings. The quantitative estimate of drug-likeness (QED) is 0.768. The molecular formula is C9H7F5O. The fraction of sp³-hybridized carbons (Fsp3) is 0.333. The minimum Gasteiger partial charge on any atom is -0.392 e. The molecule has 0 saturated carbocycles. The normalized spacial score (nSPS) is 12.2. The maximum Gasteiger partial charge on any atom is 0.416 e. The lowest BCUT2D eigenvalue weighted by Gasteiger charge is -2.10. The highest BCUT2D eigenvalue weighted by molar-refractivity contribution is 5.32. The lowest BCUT2D eigenvalue weighted by atomic mass is 10.1. The maximum atomic E-state index is 12.2. The Hall–Kier alpha value is -1.17. The second-order valence-corrected chi connectivity index (χ2v) is 2.92. The monoisotopic (exact) mass is 226 g/mol. The highest BCUT2D eigenvalue weighted by Crippen LogP contribution is 2.32. The Morgan fingerprint density at radius 3 is 2.13 bits per heavy atom. The molecule has 6 heteroatoms. The van der Waals surface area contributed by atoms with Crippen LogP contribution in [-0.4, -0.2) is 5.11 Å². The molecule has 0 saturated heterocycles. The van der Waals surface area contributed by atoms with Gasteiger partial charge in [-0.25, -0.2) is 8.78 Å². The lowest BCUT2D eigenvalue weighted by Crippen LogP contribution is -2.07. The smallest absolute Gasteiger partial charge is 0.392 e. The molecule has 0 aromatic heterocycles. The van der Waals surface area contributed by atoms with Crippen molar-refractivity contribution in [3.8, 4) is 0 Å². The van der Waals surface area contributed by atoms with E-state index in [1.54, 1.807) is 0 Å². The third-order valence-corrected chi connectivity index (χ3v) is 1.78. The average Bonchev–Trinajstić information content (AvgIpc) is 2.15. The molecule has 0 spiro atoms. The van der Waals surface area contributed by atoms with Gasteiger partial charge >= 0.3 is 6.18 Å². The summed E-state index contributed by atoms with van der Waals surface area (Å²) in [6.45, 7) is -0.705. The van der Waals surface area contributed by atoms with Crippen LogP contribution in [0.15, 0.2) is 18.2 Å². The van der Waals surface area contributed by atoms with Crippen LogP contribution in [0.1, 0.15) is 23.1 Å². The zero-order valence-corrected chi connectivity index (χ0v) is 7.35. The molecule has 0 aliphatic carbocycles. The van der Waals surface area contributed by atoms with Gasteiger partial charge in [-0.15, -0.1) is 0 Å². The molecule has 0 heterocycles. The SMILES string of the molecule is OCc1cc(C(F)F)cc(C(F)(F)F)c1. The zero-order valence-electron chi connectivity index (χ0n) is 7.35. The number of aliphatic hydroxyl groups excluding tert-OH is 1. The van der Waals surface area contributed by atoms with Gasteiger partial charge in [0.1, 0.15) is 0 Å². The van der Waals surface area contributed by atoms with E-state index < -0.39 is 30.3 Å². The Morgan fingerprint density at radius 2 is 1.73 bits per heavy atom. The van der Waals surface area contributed by atoms with E-state index in [1.165, 1.54) is 0 Å². The maximum absolute atomic E-state index is 12.2. The molecule has 1 rings (SSSR count). The van der Waals surface area contributed by atoms with Crippen LogP contribution in [0.25, 0.3) is 0 Å². The number of hydrogen-bond acceptors (Lipinski definition) is 1. The lowest BCUT2D eigenvalue weighted by molar-refractivity contribution is -0.137. The molecule has 1 aromatic carbocycles. The van der Waals surface area contributed by atoms with Crippen LogP contribution in [0.5, 0.6) is 0 Å². The molecule has 1 N–H and O–H groups in total. The predicted molar refractivity (Wildman–Crippen MR) is 42.3 cm³/mol. The van der Waals surface area contributed by atoms with Crippen molar-refractivity contribution < 1.29 is 27.1 Å². The Kier molecular flexibility index (Phi) is 3.28. The Bertz CT molecular complexity index is 345. The number of hydrogen-bond donors (Lipinski definition) is 1. The second kappa shape index (κ2) is 4.14. The number of halogens is 5. The van der Waals surface area contributed by atoms with Crippen LogP contribution in [0.2, 0.25) is 0 Å². The van der Waals surface area contributed by atoms with E-state index in [-0.39, 0.29) is 5.56 Å². The molecule has 84 valence electrons. The largest absolute Gasteiger partial charge is 0.416 e. The highest BCUT2D eigenvalue weighted by Gasteiger charge is 2.31. The number of alkyl halides is 5. The first-order chi connectivity index (χ1) is 6.84. The summed E-state index contributed by atoms with van der Waals surface area (Å²) in [7, 11) is 0. The van der Waals surface area contributed by atoms with Crippen molar-refractivity contribution in [2.75, 3.05) is 0 Å². The highest BCUT2D eigenvalue weighted by atomic mass is 19.4. The van der Waals surface area contributed by atoms with Gasteiger partial charge < -0.3 is 5.11 Å². The fourth-order valence-electron chi connectivity index (χ4n) is 1.10. The average molecular weight is 226 g/mol. The number of benzene rings is 1. The van der Waals surface area contributed by atoms with Crippen LogP contribution in [0, 0.1) is 0 Å². The van der Waals surface area contributed by atoms with Crippen LogP contribution in [-0.2, 0) is 12.8 Å². The topological polar surface area (TPSA) is 20.2 Å². The van der Waals surface area contributed by atoms with E-state index in [0.717, 1.165) is 6.07 Å². The summed E-state index contributed by atoms with van der Waals surface area (Å²) < 4.78 is 61.1. The van der Waals surface area contributed by atoms with Gasteiger partial charge in [0.25, 0.3) is 6.43 Å². The van der Waals surface area contributed by atoms with Crippen molar-refractivity contribution in [3.05, 3.63) is 34.9 Å². The van der Waals surface area contributed by atoms with Gasteiger partial charge in [-0.1, -0.05) is 0 Å². The van der Waals surface area contributed by atoms with Gasteiger partial charge in [0.15, 0.2) is 0 Å². The van der Waals surface area contributed by atoms with Gasteiger partial charge in [0, 0.05) is 5.56 Å². The molecule has 0 aliphatic rings. The van der Waals surface area contributed by atoms with Gasteiger partial charge in [0.2, 0.25) is 0 Å². The molecule has 0 bridgehead atoms. The Labute approximate surface area is 82.1 Å². The van der Waals surface area contributed by atoms with Crippen LogP contribution >= 0.6 is 0 Å². The van der Waals surface area contributed by atoms with Gasteiger partial charge in [-0.2, -0.15) is 13.2 Å². The second-order valence-electron chi connectivity index (χ2n) is 2.92. The summed E-state index contributed by atoms with van der Waals surface area (Å²) >= 11 is 0. The first-order valence-electron chi connectivity index (χ1n) is 3.94. The van der Waals surface area contributed by atoms with Gasteiger partial charge in [0.05, 0.1) is 12.2 Å². The summed E-state index contributed by atoms with van der Waals surface area (Å²) in [6.07, 6.45) is -7.67. The molecule has 0 atom stereocenters. The first kappa shape index (κ1) is 11.9. The summed E-state index contributed by atoms with van der Waals surface area (Å²) in [5.41, 5.74) is -2.10. The summed E-state index contributed by atoms with van der Waals surface area (Å²) in [6, 6.07) is 1.87. The minimum absolute atomic E-state index is 0.180. The van der Waals surface area contributed by atoms with Crippen molar-refractivity contribution >= 4 is 0 Å². The molecule has 15 heavy (non-hydrogen) atoms. The Morgan fingerprint density at radius 1 is 1.13 bits per heavy atom. The van der Waals surface area contributed by atoms with E-state index in [1.807, 2.05) is 0 Å². The van der Waals surface area contributed by atoms with E-state index in [2.05, 4.69) is 0 Å². The van der Waals surface area contributed by atoms with E-state index >= 15 is 0 Å². The number of rotatable bonds is 2. The van der Waals surface area contributed by atoms with Crippen molar-refractivity contribution in [1.82, 2.24) is 0 Å². The van der Waals surface area contributed by atoms with Crippen molar-refractivity contribution in [3.63, 3.8) is 0 Å². The molecule has 0 unspecified atom stereocenters.